The number of nitrogens with zero attached hydrogens (tertiary/aromatic N) is 2. The quantitative estimate of drug-likeness (QED) is 0.823. The number of carbonyl (C=O) groups excluding carboxylic acids is 2. The number of carbonyl (C=O) groups is 2. The summed E-state index contributed by atoms with van der Waals surface area (Å²) in [5.74, 6) is -1.00. The molecule has 0 heterocycles. The summed E-state index contributed by atoms with van der Waals surface area (Å²) in [6.07, 6.45) is 0. The van der Waals surface area contributed by atoms with Crippen LogP contribution in [-0.2, 0) is 9.59 Å². The van der Waals surface area contributed by atoms with E-state index in [9.17, 15) is 14.0 Å². The first-order valence-corrected chi connectivity index (χ1v) is 8.63. The van der Waals surface area contributed by atoms with Crippen LogP contribution in [0.1, 0.15) is 20.8 Å². The van der Waals surface area contributed by atoms with Gasteiger partial charge in [0.15, 0.2) is 0 Å². The number of hydrogen-bond donors (Lipinski definition) is 1. The Balaban J connectivity index is 2.04. The van der Waals surface area contributed by atoms with Gasteiger partial charge in [0.2, 0.25) is 11.8 Å². The van der Waals surface area contributed by atoms with Gasteiger partial charge in [-0.25, -0.2) is 4.39 Å². The number of hydrogen-bond acceptors (Lipinski definition) is 3. The first-order valence-electron chi connectivity index (χ1n) is 8.63. The minimum absolute atomic E-state index is 0.140. The second-order valence-corrected chi connectivity index (χ2v) is 5.85. The summed E-state index contributed by atoms with van der Waals surface area (Å²) in [6, 6.07) is 13.0. The van der Waals surface area contributed by atoms with Gasteiger partial charge in [0.1, 0.15) is 12.4 Å². The summed E-state index contributed by atoms with van der Waals surface area (Å²) < 4.78 is 13.1. The van der Waals surface area contributed by atoms with Crippen molar-refractivity contribution in [1.82, 2.24) is 0 Å². The van der Waals surface area contributed by atoms with Gasteiger partial charge in [0, 0.05) is 37.1 Å². The first kappa shape index (κ1) is 19.4. The molecule has 0 unspecified atom stereocenters. The summed E-state index contributed by atoms with van der Waals surface area (Å²) in [5, 5.41) is 2.79. The van der Waals surface area contributed by atoms with Gasteiger partial charge in [-0.1, -0.05) is 0 Å². The van der Waals surface area contributed by atoms with Gasteiger partial charge >= 0.3 is 0 Å². The highest BCUT2D eigenvalue weighted by Crippen LogP contribution is 2.18. The van der Waals surface area contributed by atoms with E-state index in [2.05, 4.69) is 24.1 Å². The third-order valence-electron chi connectivity index (χ3n) is 4.10. The summed E-state index contributed by atoms with van der Waals surface area (Å²) in [4.78, 5) is 27.7. The van der Waals surface area contributed by atoms with Crippen molar-refractivity contribution >= 4 is 28.9 Å². The highest BCUT2D eigenvalue weighted by atomic mass is 19.1. The highest BCUT2D eigenvalue weighted by Gasteiger charge is 2.16. The molecule has 26 heavy (non-hydrogen) atoms. The van der Waals surface area contributed by atoms with Gasteiger partial charge in [0.05, 0.1) is 0 Å². The predicted molar refractivity (Wildman–Crippen MR) is 103 cm³/mol. The van der Waals surface area contributed by atoms with Crippen molar-refractivity contribution in [3.05, 3.63) is 54.3 Å². The second-order valence-electron chi connectivity index (χ2n) is 5.85. The molecule has 2 aromatic rings. The molecule has 0 saturated heterocycles. The Bertz CT molecular complexity index is 741. The molecule has 6 heteroatoms. The zero-order valence-electron chi connectivity index (χ0n) is 15.3. The number of nitrogens with one attached hydrogen (secondary N) is 1. The number of rotatable bonds is 7. The van der Waals surface area contributed by atoms with E-state index in [0.717, 1.165) is 18.8 Å². The molecule has 0 saturated carbocycles. The molecule has 1 N–H and O–H groups in total. The van der Waals surface area contributed by atoms with E-state index >= 15 is 0 Å². The smallest absolute Gasteiger partial charge is 0.244 e. The van der Waals surface area contributed by atoms with Gasteiger partial charge < -0.3 is 15.1 Å². The molecule has 0 aliphatic rings. The lowest BCUT2D eigenvalue weighted by atomic mass is 10.2. The van der Waals surface area contributed by atoms with Crippen LogP contribution in [0, 0.1) is 5.82 Å². The number of halogens is 1. The van der Waals surface area contributed by atoms with Crippen molar-refractivity contribution in [2.24, 2.45) is 0 Å². The molecular formula is C20H24FN3O2. The maximum atomic E-state index is 13.1. The average Bonchev–Trinajstić information content (AvgIpc) is 2.63. The van der Waals surface area contributed by atoms with Crippen molar-refractivity contribution in [3.63, 3.8) is 0 Å². The molecule has 0 fully saturated rings. The molecule has 138 valence electrons. The number of benzene rings is 2. The molecule has 0 spiro atoms. The van der Waals surface area contributed by atoms with Crippen LogP contribution in [0.15, 0.2) is 48.5 Å². The van der Waals surface area contributed by atoms with Crippen LogP contribution in [0.25, 0.3) is 0 Å². The molecule has 2 aromatic carbocycles. The van der Waals surface area contributed by atoms with Crippen molar-refractivity contribution in [2.75, 3.05) is 34.8 Å². The van der Waals surface area contributed by atoms with E-state index in [1.54, 1.807) is 0 Å². The minimum atomic E-state index is -0.394. The Hall–Kier alpha value is -2.89. The zero-order chi connectivity index (χ0) is 19.1. The van der Waals surface area contributed by atoms with E-state index in [-0.39, 0.29) is 18.4 Å². The molecule has 2 rings (SSSR count). The van der Waals surface area contributed by atoms with Gasteiger partial charge in [0.25, 0.3) is 0 Å². The van der Waals surface area contributed by atoms with Crippen LogP contribution < -0.4 is 15.1 Å². The average molecular weight is 357 g/mol. The van der Waals surface area contributed by atoms with Crippen LogP contribution in [0.2, 0.25) is 0 Å². The maximum Gasteiger partial charge on any atom is 0.244 e. The van der Waals surface area contributed by atoms with E-state index in [1.807, 2.05) is 24.3 Å². The molecule has 0 radical (unpaired) electrons. The van der Waals surface area contributed by atoms with Crippen molar-refractivity contribution in [1.29, 1.82) is 0 Å². The fourth-order valence-corrected chi connectivity index (χ4v) is 2.69. The lowest BCUT2D eigenvalue weighted by Crippen LogP contribution is -2.36. The minimum Gasteiger partial charge on any atom is -0.372 e. The fraction of sp³-hybridized carbons (Fsp3) is 0.300. The Morgan fingerprint density at radius 2 is 1.46 bits per heavy atom. The van der Waals surface area contributed by atoms with E-state index in [1.165, 1.54) is 36.1 Å². The lowest BCUT2D eigenvalue weighted by Gasteiger charge is -2.22. The van der Waals surface area contributed by atoms with E-state index in [0.29, 0.717) is 11.4 Å². The molecule has 0 bridgehead atoms. The third kappa shape index (κ3) is 5.05. The van der Waals surface area contributed by atoms with E-state index in [4.69, 9.17) is 0 Å². The van der Waals surface area contributed by atoms with Crippen LogP contribution in [0.3, 0.4) is 0 Å². The summed E-state index contributed by atoms with van der Waals surface area (Å²) in [6.45, 7) is 7.23. The van der Waals surface area contributed by atoms with Gasteiger partial charge in [-0.3, -0.25) is 9.59 Å². The van der Waals surface area contributed by atoms with E-state index < -0.39 is 5.82 Å². The lowest BCUT2D eigenvalue weighted by molar-refractivity contribution is -0.120. The largest absolute Gasteiger partial charge is 0.372 e. The second kappa shape index (κ2) is 8.99. The molecule has 5 nitrogen and oxygen atoms in total. The Labute approximate surface area is 153 Å². The van der Waals surface area contributed by atoms with Crippen LogP contribution >= 0.6 is 0 Å². The molecule has 0 aliphatic heterocycles. The van der Waals surface area contributed by atoms with Crippen LogP contribution in [-0.4, -0.2) is 31.4 Å². The van der Waals surface area contributed by atoms with Crippen molar-refractivity contribution in [2.45, 2.75) is 20.8 Å². The monoisotopic (exact) mass is 357 g/mol. The maximum absolute atomic E-state index is 13.1. The third-order valence-corrected chi connectivity index (χ3v) is 4.10. The van der Waals surface area contributed by atoms with Gasteiger partial charge in [-0.2, -0.15) is 0 Å². The molecule has 0 aliphatic carbocycles. The summed E-state index contributed by atoms with van der Waals surface area (Å²) in [5.41, 5.74) is 2.23. The number of anilines is 3. The molecule has 2 amide bonds. The van der Waals surface area contributed by atoms with Crippen LogP contribution in [0.4, 0.5) is 21.5 Å². The predicted octanol–water partition coefficient (Wildman–Crippen LogP) is 3.66. The Morgan fingerprint density at radius 3 is 1.96 bits per heavy atom. The summed E-state index contributed by atoms with van der Waals surface area (Å²) in [7, 11) is 0. The number of amides is 2. The van der Waals surface area contributed by atoms with Crippen LogP contribution in [0.5, 0.6) is 0 Å². The van der Waals surface area contributed by atoms with Gasteiger partial charge in [-0.15, -0.1) is 0 Å². The molecule has 0 atom stereocenters. The van der Waals surface area contributed by atoms with Gasteiger partial charge in [-0.05, 0) is 62.4 Å². The van der Waals surface area contributed by atoms with Crippen molar-refractivity contribution in [3.8, 4) is 0 Å². The Morgan fingerprint density at radius 1 is 0.923 bits per heavy atom. The standard InChI is InChI=1S/C20H24FN3O2/c1-4-23(5-2)18-12-8-17(9-13-18)22-20(26)14-24(15(3)25)19-10-6-16(21)7-11-19/h6-13H,4-5,14H2,1-3H3,(H,22,26). The SMILES string of the molecule is CCN(CC)c1ccc(NC(=O)CN(C(C)=O)c2ccc(F)cc2)cc1. The van der Waals surface area contributed by atoms with Crippen molar-refractivity contribution < 1.29 is 14.0 Å². The highest BCUT2D eigenvalue weighted by molar-refractivity contribution is 6.01. The topological polar surface area (TPSA) is 52.7 Å². The molecular weight excluding hydrogens is 333 g/mol. The fourth-order valence-electron chi connectivity index (χ4n) is 2.69. The first-order chi connectivity index (χ1) is 12.4. The zero-order valence-corrected chi connectivity index (χ0v) is 15.3. The summed E-state index contributed by atoms with van der Waals surface area (Å²) >= 11 is 0. The molecule has 0 aromatic heterocycles. The Kier molecular flexibility index (Phi) is 6.72. The normalized spacial score (nSPS) is 10.3.